The topological polar surface area (TPSA) is 55.4 Å². The van der Waals surface area contributed by atoms with Gasteiger partial charge in [-0.25, -0.2) is 8.42 Å². The Morgan fingerprint density at radius 2 is 1.77 bits per heavy atom. The molecule has 1 N–H and O–H groups in total. The second-order valence-electron chi connectivity index (χ2n) is 4.90. The number of ether oxygens (including phenoxy) is 1. The molecule has 0 saturated heterocycles. The van der Waals surface area contributed by atoms with Crippen molar-refractivity contribution in [2.75, 3.05) is 11.3 Å². The molecule has 0 saturated carbocycles. The second-order valence-corrected chi connectivity index (χ2v) is 6.99. The summed E-state index contributed by atoms with van der Waals surface area (Å²) in [6, 6.07) is 10.0. The molecule has 2 aromatic rings. The van der Waals surface area contributed by atoms with Gasteiger partial charge in [0.25, 0.3) is 10.0 Å². The average molecular weight is 340 g/mol. The quantitative estimate of drug-likeness (QED) is 0.890. The summed E-state index contributed by atoms with van der Waals surface area (Å²) in [4.78, 5) is 0.101. The van der Waals surface area contributed by atoms with Crippen LogP contribution in [0.15, 0.2) is 41.3 Å². The van der Waals surface area contributed by atoms with Crippen molar-refractivity contribution >= 4 is 27.3 Å². The normalized spacial score (nSPS) is 11.3. The molecular weight excluding hydrogens is 322 g/mol. The van der Waals surface area contributed by atoms with Gasteiger partial charge in [-0.15, -0.1) is 0 Å². The van der Waals surface area contributed by atoms with E-state index in [-0.39, 0.29) is 9.92 Å². The van der Waals surface area contributed by atoms with Crippen molar-refractivity contribution < 1.29 is 13.2 Å². The standard InChI is InChI=1S/C16H18ClNO3S/c1-4-21-15-9-8-13(10-14(15)17)22(19,20)18-16-11(2)6-5-7-12(16)3/h5-10,18H,4H2,1-3H3. The maximum absolute atomic E-state index is 12.5. The molecule has 0 atom stereocenters. The fraction of sp³-hybridized carbons (Fsp3) is 0.250. The van der Waals surface area contributed by atoms with Gasteiger partial charge in [-0.1, -0.05) is 29.8 Å². The third-order valence-corrected chi connectivity index (χ3v) is 4.87. The first-order valence-corrected chi connectivity index (χ1v) is 8.72. The molecule has 0 aliphatic rings. The SMILES string of the molecule is CCOc1ccc(S(=O)(=O)Nc2c(C)cccc2C)cc1Cl. The lowest BCUT2D eigenvalue weighted by atomic mass is 10.1. The Kier molecular flexibility index (Phi) is 4.98. The van der Waals surface area contributed by atoms with E-state index in [2.05, 4.69) is 4.72 Å². The smallest absolute Gasteiger partial charge is 0.261 e. The fourth-order valence-electron chi connectivity index (χ4n) is 2.09. The van der Waals surface area contributed by atoms with Crippen LogP contribution in [0.4, 0.5) is 5.69 Å². The van der Waals surface area contributed by atoms with Crippen LogP contribution in [0.2, 0.25) is 5.02 Å². The molecule has 4 nitrogen and oxygen atoms in total. The summed E-state index contributed by atoms with van der Waals surface area (Å²) < 4.78 is 33.0. The second kappa shape index (κ2) is 6.58. The maximum atomic E-state index is 12.5. The first-order chi connectivity index (χ1) is 10.3. The number of halogens is 1. The molecule has 0 aliphatic heterocycles. The summed E-state index contributed by atoms with van der Waals surface area (Å²) in [6.45, 7) is 6.02. The van der Waals surface area contributed by atoms with Crippen molar-refractivity contribution in [2.24, 2.45) is 0 Å². The first-order valence-electron chi connectivity index (χ1n) is 6.86. The van der Waals surface area contributed by atoms with Gasteiger partial charge in [0.1, 0.15) is 5.75 Å². The Bertz CT molecular complexity index is 768. The zero-order chi connectivity index (χ0) is 16.3. The predicted molar refractivity (Wildman–Crippen MR) is 89.3 cm³/mol. The molecule has 2 aromatic carbocycles. The van der Waals surface area contributed by atoms with Gasteiger partial charge in [-0.05, 0) is 50.1 Å². The Morgan fingerprint density at radius 1 is 1.14 bits per heavy atom. The highest BCUT2D eigenvalue weighted by atomic mass is 35.5. The molecule has 6 heteroatoms. The number of aryl methyl sites for hydroxylation is 2. The van der Waals surface area contributed by atoms with Crippen molar-refractivity contribution in [3.8, 4) is 5.75 Å². The number of nitrogens with one attached hydrogen (secondary N) is 1. The van der Waals surface area contributed by atoms with Crippen LogP contribution >= 0.6 is 11.6 Å². The fourth-order valence-corrected chi connectivity index (χ4v) is 3.62. The van der Waals surface area contributed by atoms with Crippen molar-refractivity contribution in [3.63, 3.8) is 0 Å². The van der Waals surface area contributed by atoms with E-state index in [4.69, 9.17) is 16.3 Å². The van der Waals surface area contributed by atoms with E-state index in [9.17, 15) is 8.42 Å². The van der Waals surface area contributed by atoms with E-state index in [1.165, 1.54) is 12.1 Å². The number of benzene rings is 2. The van der Waals surface area contributed by atoms with Gasteiger partial charge in [-0.2, -0.15) is 0 Å². The molecule has 0 radical (unpaired) electrons. The minimum atomic E-state index is -3.70. The summed E-state index contributed by atoms with van der Waals surface area (Å²) >= 11 is 6.06. The third-order valence-electron chi connectivity index (χ3n) is 3.23. The van der Waals surface area contributed by atoms with E-state index in [0.717, 1.165) is 11.1 Å². The minimum Gasteiger partial charge on any atom is -0.492 e. The summed E-state index contributed by atoms with van der Waals surface area (Å²) in [6.07, 6.45) is 0. The van der Waals surface area contributed by atoms with Crippen LogP contribution in [0.25, 0.3) is 0 Å². The molecule has 0 spiro atoms. The summed E-state index contributed by atoms with van der Waals surface area (Å²) in [5.41, 5.74) is 2.31. The molecule has 118 valence electrons. The predicted octanol–water partition coefficient (Wildman–Crippen LogP) is 4.16. The highest BCUT2D eigenvalue weighted by molar-refractivity contribution is 7.92. The molecule has 0 unspecified atom stereocenters. The monoisotopic (exact) mass is 339 g/mol. The number of rotatable bonds is 5. The summed E-state index contributed by atoms with van der Waals surface area (Å²) in [5, 5.41) is 0.270. The number of anilines is 1. The third kappa shape index (κ3) is 3.54. The van der Waals surface area contributed by atoms with Crippen molar-refractivity contribution in [1.29, 1.82) is 0 Å². The van der Waals surface area contributed by atoms with Crippen LogP contribution in [0.3, 0.4) is 0 Å². The average Bonchev–Trinajstić information content (AvgIpc) is 2.45. The minimum absolute atomic E-state index is 0.101. The van der Waals surface area contributed by atoms with Gasteiger partial charge in [0, 0.05) is 0 Å². The van der Waals surface area contributed by atoms with Gasteiger partial charge in [-0.3, -0.25) is 4.72 Å². The van der Waals surface area contributed by atoms with Gasteiger partial charge in [0.05, 0.1) is 22.2 Å². The highest BCUT2D eigenvalue weighted by Gasteiger charge is 2.18. The van der Waals surface area contributed by atoms with Crippen LogP contribution in [0, 0.1) is 13.8 Å². The lowest BCUT2D eigenvalue weighted by Crippen LogP contribution is -2.14. The molecule has 2 rings (SSSR count). The van der Waals surface area contributed by atoms with Gasteiger partial charge in [0.2, 0.25) is 0 Å². The molecule has 0 heterocycles. The summed E-state index contributed by atoms with van der Waals surface area (Å²) in [7, 11) is -3.70. The van der Waals surface area contributed by atoms with E-state index >= 15 is 0 Å². The molecule has 0 bridgehead atoms. The Balaban J connectivity index is 2.37. The van der Waals surface area contributed by atoms with Crippen LogP contribution < -0.4 is 9.46 Å². The van der Waals surface area contributed by atoms with Crippen LogP contribution in [0.5, 0.6) is 5.75 Å². The van der Waals surface area contributed by atoms with Crippen LogP contribution in [-0.2, 0) is 10.0 Å². The molecule has 0 aliphatic carbocycles. The van der Waals surface area contributed by atoms with E-state index in [1.54, 1.807) is 6.07 Å². The van der Waals surface area contributed by atoms with E-state index < -0.39 is 10.0 Å². The number of hydrogen-bond acceptors (Lipinski definition) is 3. The van der Waals surface area contributed by atoms with Gasteiger partial charge >= 0.3 is 0 Å². The molecule has 0 amide bonds. The molecule has 0 fully saturated rings. The van der Waals surface area contributed by atoms with E-state index in [0.29, 0.717) is 18.0 Å². The van der Waals surface area contributed by atoms with Crippen molar-refractivity contribution in [1.82, 2.24) is 0 Å². The van der Waals surface area contributed by atoms with Gasteiger partial charge in [0.15, 0.2) is 0 Å². The largest absolute Gasteiger partial charge is 0.492 e. The van der Waals surface area contributed by atoms with Crippen LogP contribution in [-0.4, -0.2) is 15.0 Å². The van der Waals surface area contributed by atoms with Crippen molar-refractivity contribution in [3.05, 3.63) is 52.5 Å². The number of hydrogen-bond donors (Lipinski definition) is 1. The Labute approximate surface area is 136 Å². The Hall–Kier alpha value is -1.72. The summed E-state index contributed by atoms with van der Waals surface area (Å²) in [5.74, 6) is 0.468. The molecule has 0 aromatic heterocycles. The maximum Gasteiger partial charge on any atom is 0.261 e. The molecule has 22 heavy (non-hydrogen) atoms. The van der Waals surface area contributed by atoms with Crippen LogP contribution in [0.1, 0.15) is 18.1 Å². The zero-order valence-electron chi connectivity index (χ0n) is 12.7. The van der Waals surface area contributed by atoms with Crippen molar-refractivity contribution in [2.45, 2.75) is 25.7 Å². The highest BCUT2D eigenvalue weighted by Crippen LogP contribution is 2.29. The lowest BCUT2D eigenvalue weighted by molar-refractivity contribution is 0.340. The molecular formula is C16H18ClNO3S. The lowest BCUT2D eigenvalue weighted by Gasteiger charge is -2.14. The first kappa shape index (κ1) is 16.6. The Morgan fingerprint density at radius 3 is 2.32 bits per heavy atom. The van der Waals surface area contributed by atoms with Gasteiger partial charge < -0.3 is 4.74 Å². The van der Waals surface area contributed by atoms with E-state index in [1.807, 2.05) is 39.0 Å². The number of sulfonamides is 1. The zero-order valence-corrected chi connectivity index (χ0v) is 14.3. The number of para-hydroxylation sites is 1.